The summed E-state index contributed by atoms with van der Waals surface area (Å²) in [5, 5.41) is 31.6. The van der Waals surface area contributed by atoms with Crippen LogP contribution < -0.4 is 5.32 Å². The van der Waals surface area contributed by atoms with E-state index >= 15 is 0 Å². The normalized spacial score (nSPS) is 11.1. The number of carbonyl (C=O) groups is 2. The van der Waals surface area contributed by atoms with Crippen LogP contribution in [0.15, 0.2) is 59.0 Å². The maximum Gasteiger partial charge on any atom is 0.342 e. The molecule has 0 saturated heterocycles. The molecule has 1 heterocycles. The second-order valence-electron chi connectivity index (χ2n) is 8.38. The summed E-state index contributed by atoms with van der Waals surface area (Å²) >= 11 is 0. The fourth-order valence-corrected chi connectivity index (χ4v) is 3.35. The number of nitrogens with one attached hydrogen (secondary N) is 1. The van der Waals surface area contributed by atoms with Crippen LogP contribution in [0.3, 0.4) is 0 Å². The number of fused-ring (bicyclic) bond motifs is 1. The molecule has 1 amide bonds. The lowest BCUT2D eigenvalue weighted by Gasteiger charge is -2.08. The number of aromatic nitrogens is 1. The van der Waals surface area contributed by atoms with Crippen LogP contribution in [0.2, 0.25) is 0 Å². The van der Waals surface area contributed by atoms with Gasteiger partial charge in [-0.1, -0.05) is 32.0 Å². The first-order chi connectivity index (χ1) is 16.7. The van der Waals surface area contributed by atoms with E-state index in [1.165, 1.54) is 0 Å². The number of nitrogens with zero attached hydrogens (tertiary/aromatic N) is 1. The number of esters is 1. The molecular formula is C26H24N2O7. The zero-order valence-corrected chi connectivity index (χ0v) is 19.1. The van der Waals surface area contributed by atoms with Crippen molar-refractivity contribution in [3.05, 3.63) is 71.3 Å². The van der Waals surface area contributed by atoms with Crippen molar-refractivity contribution in [3.63, 3.8) is 0 Å². The second-order valence-corrected chi connectivity index (χ2v) is 8.38. The molecule has 35 heavy (non-hydrogen) atoms. The monoisotopic (exact) mass is 476 g/mol. The molecule has 4 rings (SSSR count). The summed E-state index contributed by atoms with van der Waals surface area (Å²) in [6, 6.07) is 14.4. The fraction of sp³-hybridized carbons (Fsp3) is 0.192. The number of rotatable bonds is 7. The number of phenolic OH excluding ortho intramolecular Hbond substituents is 3. The van der Waals surface area contributed by atoms with Gasteiger partial charge in [0.1, 0.15) is 17.7 Å². The highest BCUT2D eigenvalue weighted by atomic mass is 16.5. The fourth-order valence-electron chi connectivity index (χ4n) is 3.35. The highest BCUT2D eigenvalue weighted by Gasteiger charge is 2.19. The zero-order valence-electron chi connectivity index (χ0n) is 19.1. The zero-order chi connectivity index (χ0) is 25.1. The Labute approximate surface area is 200 Å². The number of ether oxygens (including phenoxy) is 1. The first-order valence-corrected chi connectivity index (χ1v) is 10.9. The number of hydrogen-bond donors (Lipinski definition) is 4. The van der Waals surface area contributed by atoms with Crippen LogP contribution in [0, 0.1) is 5.92 Å². The van der Waals surface area contributed by atoms with Gasteiger partial charge in [0.2, 0.25) is 11.6 Å². The van der Waals surface area contributed by atoms with Gasteiger partial charge in [-0.3, -0.25) is 4.79 Å². The first-order valence-electron chi connectivity index (χ1n) is 10.9. The van der Waals surface area contributed by atoms with E-state index in [1.807, 2.05) is 13.8 Å². The van der Waals surface area contributed by atoms with Crippen molar-refractivity contribution in [1.82, 2.24) is 10.3 Å². The Bertz CT molecular complexity index is 1390. The Balaban J connectivity index is 1.47. The third-order valence-electron chi connectivity index (χ3n) is 5.25. The number of carbonyl (C=O) groups excluding carboxylic acids is 2. The van der Waals surface area contributed by atoms with E-state index in [2.05, 4.69) is 10.3 Å². The van der Waals surface area contributed by atoms with Crippen LogP contribution in [-0.2, 0) is 11.3 Å². The predicted octanol–water partition coefficient (Wildman–Crippen LogP) is 4.35. The van der Waals surface area contributed by atoms with Gasteiger partial charge in [0, 0.05) is 12.1 Å². The summed E-state index contributed by atoms with van der Waals surface area (Å²) in [6.07, 6.45) is 0. The molecule has 0 bridgehead atoms. The Morgan fingerprint density at radius 1 is 0.971 bits per heavy atom. The molecule has 0 fully saturated rings. The molecule has 3 aromatic carbocycles. The first kappa shape index (κ1) is 23.6. The van der Waals surface area contributed by atoms with Gasteiger partial charge in [0.25, 0.3) is 5.91 Å². The van der Waals surface area contributed by atoms with E-state index in [1.54, 1.807) is 42.5 Å². The highest BCUT2D eigenvalue weighted by Crippen LogP contribution is 2.37. The highest BCUT2D eigenvalue weighted by molar-refractivity contribution is 6.04. The van der Waals surface area contributed by atoms with Crippen molar-refractivity contribution in [2.24, 2.45) is 5.92 Å². The third kappa shape index (κ3) is 5.03. The molecule has 4 aromatic rings. The molecule has 0 radical (unpaired) electrons. The van der Waals surface area contributed by atoms with Gasteiger partial charge in [-0.25, -0.2) is 9.78 Å². The van der Waals surface area contributed by atoms with E-state index in [0.29, 0.717) is 46.1 Å². The molecule has 0 saturated carbocycles. The molecule has 1 aromatic heterocycles. The Kier molecular flexibility index (Phi) is 6.59. The van der Waals surface area contributed by atoms with E-state index in [0.717, 1.165) is 12.1 Å². The van der Waals surface area contributed by atoms with E-state index in [9.17, 15) is 24.9 Å². The molecular weight excluding hydrogens is 452 g/mol. The van der Waals surface area contributed by atoms with Crippen molar-refractivity contribution >= 4 is 23.0 Å². The van der Waals surface area contributed by atoms with Gasteiger partial charge in [0.15, 0.2) is 17.1 Å². The van der Waals surface area contributed by atoms with E-state index < -0.39 is 23.2 Å². The molecule has 0 atom stereocenters. The summed E-state index contributed by atoms with van der Waals surface area (Å²) in [5.74, 6) is -2.50. The topological polar surface area (TPSA) is 142 Å². The van der Waals surface area contributed by atoms with Crippen LogP contribution in [0.4, 0.5) is 0 Å². The maximum atomic E-state index is 12.6. The van der Waals surface area contributed by atoms with Gasteiger partial charge in [-0.2, -0.15) is 0 Å². The Morgan fingerprint density at radius 3 is 2.43 bits per heavy atom. The molecule has 0 unspecified atom stereocenters. The number of hydrogen-bond acceptors (Lipinski definition) is 8. The number of oxazole rings is 1. The third-order valence-corrected chi connectivity index (χ3v) is 5.25. The van der Waals surface area contributed by atoms with Crippen molar-refractivity contribution in [1.29, 1.82) is 0 Å². The van der Waals surface area contributed by atoms with Crippen LogP contribution >= 0.6 is 0 Å². The lowest BCUT2D eigenvalue weighted by molar-refractivity contribution is 0.0468. The minimum Gasteiger partial charge on any atom is -0.504 e. The van der Waals surface area contributed by atoms with Crippen LogP contribution in [-0.4, -0.2) is 38.7 Å². The summed E-state index contributed by atoms with van der Waals surface area (Å²) in [5.41, 5.74) is 2.44. The lowest BCUT2D eigenvalue weighted by Crippen LogP contribution is -2.27. The number of phenols is 3. The molecule has 4 N–H and O–H groups in total. The van der Waals surface area contributed by atoms with E-state index in [-0.39, 0.29) is 18.1 Å². The summed E-state index contributed by atoms with van der Waals surface area (Å²) in [6.45, 7) is 4.49. The van der Waals surface area contributed by atoms with Crippen molar-refractivity contribution in [3.8, 4) is 28.7 Å². The minimum atomic E-state index is -0.857. The van der Waals surface area contributed by atoms with Crippen molar-refractivity contribution in [2.75, 3.05) is 6.54 Å². The molecule has 0 aliphatic rings. The lowest BCUT2D eigenvalue weighted by atomic mass is 10.1. The number of para-hydroxylation sites is 1. The van der Waals surface area contributed by atoms with Gasteiger partial charge < -0.3 is 29.8 Å². The quantitative estimate of drug-likeness (QED) is 0.228. The second kappa shape index (κ2) is 9.76. The van der Waals surface area contributed by atoms with Gasteiger partial charge in [-0.15, -0.1) is 0 Å². The smallest absolute Gasteiger partial charge is 0.342 e. The average molecular weight is 476 g/mol. The molecule has 9 nitrogen and oxygen atoms in total. The summed E-state index contributed by atoms with van der Waals surface area (Å²) < 4.78 is 11.1. The largest absolute Gasteiger partial charge is 0.504 e. The van der Waals surface area contributed by atoms with Crippen LogP contribution in [0.1, 0.15) is 40.1 Å². The minimum absolute atomic E-state index is 0.0894. The molecule has 0 aliphatic heterocycles. The SMILES string of the molecule is CC(C)CNC(=O)c1cccc2nc(-c3ccc(COC(=O)c4ccc(O)c(O)c4O)cc3)oc12. The predicted molar refractivity (Wildman–Crippen MR) is 127 cm³/mol. The molecule has 180 valence electrons. The van der Waals surface area contributed by atoms with E-state index in [4.69, 9.17) is 9.15 Å². The molecule has 0 spiro atoms. The number of amides is 1. The molecule has 0 aliphatic carbocycles. The number of aromatic hydroxyl groups is 3. The van der Waals surface area contributed by atoms with Gasteiger partial charge in [-0.05, 0) is 47.9 Å². The molecule has 9 heteroatoms. The Hall–Kier alpha value is -4.53. The number of benzene rings is 3. The van der Waals surface area contributed by atoms with Gasteiger partial charge in [0.05, 0.1) is 5.56 Å². The standard InChI is InChI=1S/C26H24N2O7/c1-14(2)12-27-24(32)18-4-3-5-19-23(18)35-25(28-19)16-8-6-15(7-9-16)13-34-26(33)17-10-11-20(29)22(31)21(17)30/h3-11,14,29-31H,12-13H2,1-2H3,(H,27,32). The van der Waals surface area contributed by atoms with Crippen LogP contribution in [0.5, 0.6) is 17.2 Å². The van der Waals surface area contributed by atoms with Gasteiger partial charge >= 0.3 is 5.97 Å². The van der Waals surface area contributed by atoms with Crippen molar-refractivity contribution < 1.29 is 34.1 Å². The van der Waals surface area contributed by atoms with Crippen LogP contribution in [0.25, 0.3) is 22.6 Å². The summed E-state index contributed by atoms with van der Waals surface area (Å²) in [7, 11) is 0. The summed E-state index contributed by atoms with van der Waals surface area (Å²) in [4.78, 5) is 29.3. The average Bonchev–Trinajstić information content (AvgIpc) is 3.29. The van der Waals surface area contributed by atoms with Crippen molar-refractivity contribution in [2.45, 2.75) is 20.5 Å². The maximum absolute atomic E-state index is 12.6. The Morgan fingerprint density at radius 2 is 1.71 bits per heavy atom.